The number of nitrogens with zero attached hydrogens (tertiary/aromatic N) is 1. The molecule has 1 N–H and O–H groups in total. The summed E-state index contributed by atoms with van der Waals surface area (Å²) < 4.78 is 0. The number of rotatable bonds is 2. The molecule has 2 aromatic rings. The lowest BCUT2D eigenvalue weighted by molar-refractivity contribution is 0.198. The summed E-state index contributed by atoms with van der Waals surface area (Å²) in [7, 11) is 0. The van der Waals surface area contributed by atoms with Crippen LogP contribution in [-0.2, 0) is 0 Å². The maximum atomic E-state index is 4.51. The smallest absolute Gasteiger partial charge is 0.0346 e. The Morgan fingerprint density at radius 3 is 2.76 bits per heavy atom. The molecule has 0 amide bonds. The van der Waals surface area contributed by atoms with Gasteiger partial charge in [0.2, 0.25) is 0 Å². The van der Waals surface area contributed by atoms with Crippen molar-refractivity contribution in [3.8, 4) is 11.1 Å². The van der Waals surface area contributed by atoms with Gasteiger partial charge in [-0.05, 0) is 55.3 Å². The molecule has 1 aliphatic heterocycles. The van der Waals surface area contributed by atoms with E-state index in [2.05, 4.69) is 52.9 Å². The molecule has 2 aliphatic rings. The van der Waals surface area contributed by atoms with Crippen LogP contribution in [0.15, 0.2) is 48.8 Å². The first-order valence-electron chi connectivity index (χ1n) is 8.14. The third-order valence-electron chi connectivity index (χ3n) is 5.21. The van der Waals surface area contributed by atoms with E-state index in [1.165, 1.54) is 48.9 Å². The number of nitrogens with one attached hydrogen (secondary N) is 1. The predicted octanol–water partition coefficient (Wildman–Crippen LogP) is 3.99. The van der Waals surface area contributed by atoms with Crippen LogP contribution in [0.2, 0.25) is 0 Å². The van der Waals surface area contributed by atoms with Gasteiger partial charge in [-0.2, -0.15) is 0 Å². The molecule has 1 aromatic carbocycles. The van der Waals surface area contributed by atoms with Crippen molar-refractivity contribution in [3.63, 3.8) is 0 Å². The fraction of sp³-hybridized carbons (Fsp3) is 0.421. The highest BCUT2D eigenvalue weighted by Crippen LogP contribution is 2.39. The summed E-state index contributed by atoms with van der Waals surface area (Å²) in [6, 6.07) is 13.6. The molecule has 2 fully saturated rings. The SMILES string of the molecule is c1ccc(-c2cncc(C3CCC4CCNC3C4)c2)cc1. The molecule has 108 valence electrons. The minimum atomic E-state index is 0.637. The quantitative estimate of drug-likeness (QED) is 0.898. The van der Waals surface area contributed by atoms with Crippen LogP contribution in [0.4, 0.5) is 0 Å². The highest BCUT2D eigenvalue weighted by molar-refractivity contribution is 5.63. The first-order chi connectivity index (χ1) is 10.4. The van der Waals surface area contributed by atoms with Crippen molar-refractivity contribution in [2.24, 2.45) is 5.92 Å². The minimum Gasteiger partial charge on any atom is -0.313 e. The second kappa shape index (κ2) is 5.61. The summed E-state index contributed by atoms with van der Waals surface area (Å²) in [4.78, 5) is 4.51. The first kappa shape index (κ1) is 13.0. The predicted molar refractivity (Wildman–Crippen MR) is 86.2 cm³/mol. The Bertz CT molecular complexity index is 608. The van der Waals surface area contributed by atoms with Crippen molar-refractivity contribution in [1.29, 1.82) is 0 Å². The first-order valence-corrected chi connectivity index (χ1v) is 8.14. The Morgan fingerprint density at radius 2 is 1.86 bits per heavy atom. The number of hydrogen-bond acceptors (Lipinski definition) is 2. The summed E-state index contributed by atoms with van der Waals surface area (Å²) in [6.07, 6.45) is 9.47. The van der Waals surface area contributed by atoms with Gasteiger partial charge in [-0.25, -0.2) is 0 Å². The molecule has 2 bridgehead atoms. The van der Waals surface area contributed by atoms with Gasteiger partial charge in [-0.1, -0.05) is 30.3 Å². The number of hydrogen-bond donors (Lipinski definition) is 1. The Labute approximate surface area is 126 Å². The van der Waals surface area contributed by atoms with E-state index in [1.54, 1.807) is 0 Å². The van der Waals surface area contributed by atoms with E-state index in [9.17, 15) is 0 Å². The zero-order valence-electron chi connectivity index (χ0n) is 12.3. The molecule has 4 rings (SSSR count). The summed E-state index contributed by atoms with van der Waals surface area (Å²) in [6.45, 7) is 1.19. The third kappa shape index (κ3) is 2.60. The van der Waals surface area contributed by atoms with Gasteiger partial charge in [0, 0.05) is 29.9 Å². The van der Waals surface area contributed by atoms with Gasteiger partial charge in [0.15, 0.2) is 0 Å². The molecule has 2 heteroatoms. The molecular weight excluding hydrogens is 256 g/mol. The van der Waals surface area contributed by atoms with Crippen LogP contribution in [0.1, 0.15) is 37.2 Å². The zero-order chi connectivity index (χ0) is 14.1. The average molecular weight is 278 g/mol. The molecule has 0 radical (unpaired) electrons. The second-order valence-corrected chi connectivity index (χ2v) is 6.51. The van der Waals surface area contributed by atoms with E-state index >= 15 is 0 Å². The number of aromatic nitrogens is 1. The van der Waals surface area contributed by atoms with Gasteiger partial charge < -0.3 is 5.32 Å². The summed E-state index contributed by atoms with van der Waals surface area (Å²) >= 11 is 0. The highest BCUT2D eigenvalue weighted by atomic mass is 14.9. The van der Waals surface area contributed by atoms with Gasteiger partial charge in [0.1, 0.15) is 0 Å². The van der Waals surface area contributed by atoms with Crippen LogP contribution in [0.25, 0.3) is 11.1 Å². The van der Waals surface area contributed by atoms with E-state index in [0.717, 1.165) is 5.92 Å². The van der Waals surface area contributed by atoms with E-state index in [-0.39, 0.29) is 0 Å². The van der Waals surface area contributed by atoms with Gasteiger partial charge in [0.05, 0.1) is 0 Å². The lowest BCUT2D eigenvalue weighted by Gasteiger charge is -2.41. The van der Waals surface area contributed by atoms with Gasteiger partial charge >= 0.3 is 0 Å². The minimum absolute atomic E-state index is 0.637. The van der Waals surface area contributed by atoms with Gasteiger partial charge in [-0.3, -0.25) is 4.98 Å². The molecule has 2 heterocycles. The summed E-state index contributed by atoms with van der Waals surface area (Å²) in [5.41, 5.74) is 3.91. The number of pyridine rings is 1. The number of benzene rings is 1. The molecule has 3 atom stereocenters. The Morgan fingerprint density at radius 1 is 0.952 bits per heavy atom. The Balaban J connectivity index is 1.63. The number of fused-ring (bicyclic) bond motifs is 2. The largest absolute Gasteiger partial charge is 0.313 e. The van der Waals surface area contributed by atoms with Crippen LogP contribution in [-0.4, -0.2) is 17.6 Å². The molecule has 0 spiro atoms. The van der Waals surface area contributed by atoms with E-state index in [0.29, 0.717) is 12.0 Å². The van der Waals surface area contributed by atoms with E-state index in [4.69, 9.17) is 0 Å². The molecular formula is C19H22N2. The Kier molecular flexibility index (Phi) is 3.48. The summed E-state index contributed by atoms with van der Waals surface area (Å²) in [5.74, 6) is 1.59. The van der Waals surface area contributed by atoms with Crippen molar-refractivity contribution in [1.82, 2.24) is 10.3 Å². The topological polar surface area (TPSA) is 24.9 Å². The Hall–Kier alpha value is -1.67. The lowest BCUT2D eigenvalue weighted by atomic mass is 9.72. The normalized spacial score (nSPS) is 28.3. The third-order valence-corrected chi connectivity index (χ3v) is 5.21. The monoisotopic (exact) mass is 278 g/mol. The van der Waals surface area contributed by atoms with Crippen molar-refractivity contribution in [2.75, 3.05) is 6.54 Å². The average Bonchev–Trinajstić information content (AvgIpc) is 2.56. The van der Waals surface area contributed by atoms with Crippen molar-refractivity contribution in [3.05, 3.63) is 54.4 Å². The van der Waals surface area contributed by atoms with Crippen LogP contribution in [0.5, 0.6) is 0 Å². The van der Waals surface area contributed by atoms with Gasteiger partial charge in [0.25, 0.3) is 0 Å². The van der Waals surface area contributed by atoms with Crippen molar-refractivity contribution < 1.29 is 0 Å². The van der Waals surface area contributed by atoms with Crippen molar-refractivity contribution >= 4 is 0 Å². The van der Waals surface area contributed by atoms with E-state index < -0.39 is 0 Å². The second-order valence-electron chi connectivity index (χ2n) is 6.51. The van der Waals surface area contributed by atoms with Crippen molar-refractivity contribution in [2.45, 2.75) is 37.6 Å². The zero-order valence-corrected chi connectivity index (χ0v) is 12.3. The van der Waals surface area contributed by atoms with Crippen LogP contribution in [0, 0.1) is 5.92 Å². The standard InChI is InChI=1S/C19H22N2/c1-2-4-15(5-3-1)16-11-17(13-20-12-16)18-7-6-14-8-9-21-19(18)10-14/h1-5,11-14,18-19,21H,6-10H2. The molecule has 1 saturated carbocycles. The molecule has 21 heavy (non-hydrogen) atoms. The number of piperidine rings is 1. The van der Waals surface area contributed by atoms with Gasteiger partial charge in [-0.15, -0.1) is 0 Å². The van der Waals surface area contributed by atoms with Crippen LogP contribution in [0.3, 0.4) is 0 Å². The fourth-order valence-corrected chi connectivity index (χ4v) is 4.07. The molecule has 1 aromatic heterocycles. The van der Waals surface area contributed by atoms with Crippen LogP contribution >= 0.6 is 0 Å². The van der Waals surface area contributed by atoms with Crippen LogP contribution < -0.4 is 5.32 Å². The molecule has 2 nitrogen and oxygen atoms in total. The molecule has 3 unspecified atom stereocenters. The maximum absolute atomic E-state index is 4.51. The maximum Gasteiger partial charge on any atom is 0.0346 e. The highest BCUT2D eigenvalue weighted by Gasteiger charge is 2.34. The molecule has 1 aliphatic carbocycles. The molecule has 1 saturated heterocycles. The van der Waals surface area contributed by atoms with E-state index in [1.807, 2.05) is 6.20 Å². The summed E-state index contributed by atoms with van der Waals surface area (Å²) in [5, 5.41) is 3.73. The fourth-order valence-electron chi connectivity index (χ4n) is 4.07. The lowest BCUT2D eigenvalue weighted by Crippen LogP contribution is -2.45.